The van der Waals surface area contributed by atoms with Gasteiger partial charge in [0.15, 0.2) is 0 Å². The van der Waals surface area contributed by atoms with Crippen molar-refractivity contribution >= 4 is 11.6 Å². The van der Waals surface area contributed by atoms with Gasteiger partial charge in [-0.25, -0.2) is 0 Å². The Kier molecular flexibility index (Phi) is 6.87. The molecule has 0 fully saturated rings. The standard InChI is InChI=1S/C20H21ClO/c1-2-3-4-5-16-22-20-14-10-18(11-15-20)7-6-17-8-12-19(21)13-9-17/h8-15H,2-5,16H2,1H3. The van der Waals surface area contributed by atoms with E-state index in [1.165, 1.54) is 19.3 Å². The van der Waals surface area contributed by atoms with E-state index in [1.54, 1.807) is 0 Å². The molecule has 0 aliphatic rings. The lowest BCUT2D eigenvalue weighted by Crippen LogP contribution is -1.96. The molecule has 0 N–H and O–H groups in total. The Morgan fingerprint density at radius 1 is 0.818 bits per heavy atom. The summed E-state index contributed by atoms with van der Waals surface area (Å²) in [7, 11) is 0. The molecular weight excluding hydrogens is 292 g/mol. The zero-order valence-corrected chi connectivity index (χ0v) is 13.7. The Morgan fingerprint density at radius 2 is 1.41 bits per heavy atom. The molecule has 0 bridgehead atoms. The van der Waals surface area contributed by atoms with Crippen LogP contribution < -0.4 is 4.74 Å². The van der Waals surface area contributed by atoms with Crippen molar-refractivity contribution in [3.8, 4) is 17.6 Å². The molecule has 0 aromatic heterocycles. The molecule has 0 saturated heterocycles. The first kappa shape index (κ1) is 16.5. The molecule has 0 unspecified atom stereocenters. The number of ether oxygens (including phenoxy) is 1. The summed E-state index contributed by atoms with van der Waals surface area (Å²) >= 11 is 5.85. The van der Waals surface area contributed by atoms with Crippen LogP contribution in [-0.2, 0) is 0 Å². The fourth-order valence-electron chi connectivity index (χ4n) is 2.03. The first-order valence-corrected chi connectivity index (χ1v) is 8.16. The van der Waals surface area contributed by atoms with Gasteiger partial charge in [0.1, 0.15) is 5.75 Å². The van der Waals surface area contributed by atoms with Crippen molar-refractivity contribution in [1.82, 2.24) is 0 Å². The summed E-state index contributed by atoms with van der Waals surface area (Å²) in [6.07, 6.45) is 4.89. The first-order valence-electron chi connectivity index (χ1n) is 7.78. The summed E-state index contributed by atoms with van der Waals surface area (Å²) in [5.41, 5.74) is 1.94. The Labute approximate surface area is 138 Å². The summed E-state index contributed by atoms with van der Waals surface area (Å²) in [6, 6.07) is 15.5. The van der Waals surface area contributed by atoms with Crippen molar-refractivity contribution in [1.29, 1.82) is 0 Å². The fraction of sp³-hybridized carbons (Fsp3) is 0.300. The third kappa shape index (κ3) is 5.84. The second-order valence-electron chi connectivity index (χ2n) is 5.19. The van der Waals surface area contributed by atoms with Gasteiger partial charge >= 0.3 is 0 Å². The van der Waals surface area contributed by atoms with E-state index in [-0.39, 0.29) is 0 Å². The molecule has 0 spiro atoms. The highest BCUT2D eigenvalue weighted by molar-refractivity contribution is 6.30. The van der Waals surface area contributed by atoms with E-state index in [0.717, 1.165) is 34.9 Å². The molecule has 0 aliphatic carbocycles. The minimum atomic E-state index is 0.728. The monoisotopic (exact) mass is 312 g/mol. The van der Waals surface area contributed by atoms with E-state index in [4.69, 9.17) is 16.3 Å². The molecule has 0 atom stereocenters. The largest absolute Gasteiger partial charge is 0.494 e. The van der Waals surface area contributed by atoms with E-state index in [2.05, 4.69) is 18.8 Å². The maximum absolute atomic E-state index is 5.85. The summed E-state index contributed by atoms with van der Waals surface area (Å²) in [5.74, 6) is 7.18. The SMILES string of the molecule is CCCCCCOc1ccc(C#Cc2ccc(Cl)cc2)cc1. The lowest BCUT2D eigenvalue weighted by Gasteiger charge is -2.05. The number of hydrogen-bond donors (Lipinski definition) is 0. The van der Waals surface area contributed by atoms with Crippen molar-refractivity contribution in [3.05, 3.63) is 64.7 Å². The Balaban J connectivity index is 1.85. The van der Waals surface area contributed by atoms with Crippen LogP contribution in [0.15, 0.2) is 48.5 Å². The quantitative estimate of drug-likeness (QED) is 0.491. The lowest BCUT2D eigenvalue weighted by molar-refractivity contribution is 0.305. The van der Waals surface area contributed by atoms with Crippen LogP contribution in [-0.4, -0.2) is 6.61 Å². The highest BCUT2D eigenvalue weighted by atomic mass is 35.5. The second kappa shape index (κ2) is 9.18. The molecule has 22 heavy (non-hydrogen) atoms. The van der Waals surface area contributed by atoms with Crippen molar-refractivity contribution in [2.45, 2.75) is 32.6 Å². The fourth-order valence-corrected chi connectivity index (χ4v) is 2.16. The van der Waals surface area contributed by atoms with E-state index in [0.29, 0.717) is 0 Å². The maximum atomic E-state index is 5.85. The molecule has 2 rings (SSSR count). The van der Waals surface area contributed by atoms with Gasteiger partial charge in [-0.05, 0) is 55.0 Å². The number of unbranched alkanes of at least 4 members (excludes halogenated alkanes) is 3. The van der Waals surface area contributed by atoms with Crippen LogP contribution in [0.2, 0.25) is 5.02 Å². The molecule has 0 radical (unpaired) electrons. The predicted octanol–water partition coefficient (Wildman–Crippen LogP) is 5.70. The number of benzene rings is 2. The average molecular weight is 313 g/mol. The molecule has 1 nitrogen and oxygen atoms in total. The van der Waals surface area contributed by atoms with Gasteiger partial charge in [-0.2, -0.15) is 0 Å². The summed E-state index contributed by atoms with van der Waals surface area (Å²) in [6.45, 7) is 3.00. The number of halogens is 1. The molecule has 2 aromatic rings. The van der Waals surface area contributed by atoms with E-state index >= 15 is 0 Å². The molecule has 0 heterocycles. The molecular formula is C20H21ClO. The van der Waals surface area contributed by atoms with Gasteiger partial charge in [-0.15, -0.1) is 0 Å². The van der Waals surface area contributed by atoms with Crippen LogP contribution in [0.25, 0.3) is 0 Å². The minimum absolute atomic E-state index is 0.728. The lowest BCUT2D eigenvalue weighted by atomic mass is 10.2. The third-order valence-electron chi connectivity index (χ3n) is 3.32. The van der Waals surface area contributed by atoms with Gasteiger partial charge in [-0.1, -0.05) is 49.6 Å². The van der Waals surface area contributed by atoms with Gasteiger partial charge in [0.25, 0.3) is 0 Å². The van der Waals surface area contributed by atoms with Gasteiger partial charge in [0.05, 0.1) is 6.61 Å². The van der Waals surface area contributed by atoms with Crippen LogP contribution in [0.1, 0.15) is 43.7 Å². The number of hydrogen-bond acceptors (Lipinski definition) is 1. The van der Waals surface area contributed by atoms with Gasteiger partial charge in [-0.3, -0.25) is 0 Å². The van der Waals surface area contributed by atoms with Crippen LogP contribution >= 0.6 is 11.6 Å². The number of rotatable bonds is 6. The molecule has 2 aromatic carbocycles. The summed E-state index contributed by atoms with van der Waals surface area (Å²) in [4.78, 5) is 0. The van der Waals surface area contributed by atoms with Crippen LogP contribution in [0.5, 0.6) is 5.75 Å². The van der Waals surface area contributed by atoms with E-state index in [1.807, 2.05) is 48.5 Å². The van der Waals surface area contributed by atoms with Gasteiger partial charge in [0.2, 0.25) is 0 Å². The molecule has 0 aliphatic heterocycles. The zero-order chi connectivity index (χ0) is 15.6. The average Bonchev–Trinajstić information content (AvgIpc) is 2.55. The normalized spacial score (nSPS) is 9.91. The van der Waals surface area contributed by atoms with Crippen molar-refractivity contribution in [2.75, 3.05) is 6.61 Å². The molecule has 2 heteroatoms. The summed E-state index contributed by atoms with van der Waals surface area (Å²) < 4.78 is 5.72. The van der Waals surface area contributed by atoms with Gasteiger partial charge in [0, 0.05) is 16.1 Å². The molecule has 0 amide bonds. The van der Waals surface area contributed by atoms with Crippen LogP contribution in [0.3, 0.4) is 0 Å². The Hall–Kier alpha value is -1.91. The van der Waals surface area contributed by atoms with E-state index in [9.17, 15) is 0 Å². The summed E-state index contributed by atoms with van der Waals surface area (Å²) in [5, 5.41) is 0.728. The predicted molar refractivity (Wildman–Crippen MR) is 93.5 cm³/mol. The van der Waals surface area contributed by atoms with Crippen LogP contribution in [0.4, 0.5) is 0 Å². The van der Waals surface area contributed by atoms with Gasteiger partial charge < -0.3 is 4.74 Å². The smallest absolute Gasteiger partial charge is 0.119 e. The van der Waals surface area contributed by atoms with Crippen molar-refractivity contribution in [2.24, 2.45) is 0 Å². The van der Waals surface area contributed by atoms with E-state index < -0.39 is 0 Å². The Bertz CT molecular complexity index is 617. The molecule has 0 saturated carbocycles. The van der Waals surface area contributed by atoms with Crippen LogP contribution in [0, 0.1) is 11.8 Å². The van der Waals surface area contributed by atoms with Crippen molar-refractivity contribution in [3.63, 3.8) is 0 Å². The van der Waals surface area contributed by atoms with Crippen molar-refractivity contribution < 1.29 is 4.74 Å². The highest BCUT2D eigenvalue weighted by Crippen LogP contribution is 2.13. The Morgan fingerprint density at radius 3 is 2.00 bits per heavy atom. The topological polar surface area (TPSA) is 9.23 Å². The minimum Gasteiger partial charge on any atom is -0.494 e. The zero-order valence-electron chi connectivity index (χ0n) is 12.9. The third-order valence-corrected chi connectivity index (χ3v) is 3.57. The molecule has 114 valence electrons. The maximum Gasteiger partial charge on any atom is 0.119 e. The second-order valence-corrected chi connectivity index (χ2v) is 5.63. The highest BCUT2D eigenvalue weighted by Gasteiger charge is 1.94. The first-order chi connectivity index (χ1) is 10.8.